The number of ketones is 1. The van der Waals surface area contributed by atoms with Gasteiger partial charge in [-0.05, 0) is 13.0 Å². The number of carbonyl (C=O) groups is 1. The van der Waals surface area contributed by atoms with Crippen LogP contribution in [0.4, 0.5) is 0 Å². The van der Waals surface area contributed by atoms with Gasteiger partial charge in [0, 0.05) is 25.5 Å². The Morgan fingerprint density at radius 3 is 2.63 bits per heavy atom. The fourth-order valence-corrected chi connectivity index (χ4v) is 1.78. The van der Waals surface area contributed by atoms with Crippen molar-refractivity contribution in [3.63, 3.8) is 0 Å². The minimum atomic E-state index is 0.154. The Bertz CT molecular complexity index is 401. The average Bonchev–Trinajstić information content (AvgIpc) is 2.39. The molecule has 0 saturated carbocycles. The van der Waals surface area contributed by atoms with Gasteiger partial charge in [0.15, 0.2) is 0 Å². The van der Waals surface area contributed by atoms with E-state index in [1.165, 1.54) is 0 Å². The first-order chi connectivity index (χ1) is 9.17. The van der Waals surface area contributed by atoms with Gasteiger partial charge in [0.1, 0.15) is 11.5 Å². The molecule has 0 aliphatic rings. The third kappa shape index (κ3) is 5.85. The van der Waals surface area contributed by atoms with E-state index in [4.69, 9.17) is 14.2 Å². The van der Waals surface area contributed by atoms with Crippen LogP contribution in [0.2, 0.25) is 0 Å². The van der Waals surface area contributed by atoms with Crippen molar-refractivity contribution in [2.24, 2.45) is 0 Å². The van der Waals surface area contributed by atoms with E-state index in [-0.39, 0.29) is 5.78 Å². The Kier molecular flexibility index (Phi) is 7.15. The molecule has 0 aliphatic carbocycles. The molecule has 0 radical (unpaired) electrons. The first-order valence-electron chi connectivity index (χ1n) is 6.39. The first-order valence-corrected chi connectivity index (χ1v) is 6.39. The Morgan fingerprint density at radius 1 is 1.16 bits per heavy atom. The number of hydrogen-bond donors (Lipinski definition) is 0. The van der Waals surface area contributed by atoms with Gasteiger partial charge in [0.05, 0.1) is 26.9 Å². The molecule has 0 bridgehead atoms. The molecule has 1 aromatic carbocycles. The van der Waals surface area contributed by atoms with Crippen molar-refractivity contribution in [2.45, 2.75) is 19.8 Å². The lowest BCUT2D eigenvalue weighted by atomic mass is 10.0. The topological polar surface area (TPSA) is 44.8 Å². The zero-order valence-corrected chi connectivity index (χ0v) is 11.9. The van der Waals surface area contributed by atoms with E-state index in [0.29, 0.717) is 32.7 Å². The molecule has 0 aliphatic heterocycles. The van der Waals surface area contributed by atoms with E-state index in [2.05, 4.69) is 0 Å². The van der Waals surface area contributed by atoms with Crippen LogP contribution in [0.25, 0.3) is 0 Å². The van der Waals surface area contributed by atoms with Crippen LogP contribution in [0.3, 0.4) is 0 Å². The summed E-state index contributed by atoms with van der Waals surface area (Å²) in [6.45, 7) is 3.52. The summed E-state index contributed by atoms with van der Waals surface area (Å²) in [4.78, 5) is 11.9. The molecular weight excluding hydrogens is 244 g/mol. The largest absolute Gasteiger partial charge is 0.496 e. The number of benzene rings is 1. The standard InChI is InChI=1S/C15H22O4/c1-12-4-5-15(18-3)13(10-12)11-14(16)6-7-19-9-8-17-2/h4-5,10H,6-9,11H2,1-3H3. The predicted octanol–water partition coefficient (Wildman–Crippen LogP) is 2.17. The number of ether oxygens (including phenoxy) is 3. The highest BCUT2D eigenvalue weighted by Crippen LogP contribution is 2.20. The summed E-state index contributed by atoms with van der Waals surface area (Å²) in [6.07, 6.45) is 0.805. The van der Waals surface area contributed by atoms with Crippen LogP contribution in [0.15, 0.2) is 18.2 Å². The van der Waals surface area contributed by atoms with Gasteiger partial charge in [-0.1, -0.05) is 17.7 Å². The van der Waals surface area contributed by atoms with E-state index in [1.54, 1.807) is 14.2 Å². The van der Waals surface area contributed by atoms with E-state index in [1.807, 2.05) is 25.1 Å². The number of rotatable bonds is 9. The van der Waals surface area contributed by atoms with Crippen molar-refractivity contribution in [1.82, 2.24) is 0 Å². The highest BCUT2D eigenvalue weighted by atomic mass is 16.5. The average molecular weight is 266 g/mol. The smallest absolute Gasteiger partial charge is 0.139 e. The fraction of sp³-hybridized carbons (Fsp3) is 0.533. The molecule has 0 atom stereocenters. The lowest BCUT2D eigenvalue weighted by Gasteiger charge is -2.09. The summed E-state index contributed by atoms with van der Waals surface area (Å²) in [5.74, 6) is 0.917. The summed E-state index contributed by atoms with van der Waals surface area (Å²) >= 11 is 0. The minimum absolute atomic E-state index is 0.154. The van der Waals surface area contributed by atoms with Crippen molar-refractivity contribution >= 4 is 5.78 Å². The summed E-state index contributed by atoms with van der Waals surface area (Å²) in [6, 6.07) is 5.86. The highest BCUT2D eigenvalue weighted by molar-refractivity contribution is 5.81. The van der Waals surface area contributed by atoms with Crippen LogP contribution in [-0.4, -0.2) is 39.8 Å². The molecule has 4 nitrogen and oxygen atoms in total. The zero-order valence-electron chi connectivity index (χ0n) is 11.9. The van der Waals surface area contributed by atoms with Gasteiger partial charge in [-0.2, -0.15) is 0 Å². The molecule has 0 saturated heterocycles. The van der Waals surface area contributed by atoms with E-state index >= 15 is 0 Å². The first kappa shape index (κ1) is 15.7. The van der Waals surface area contributed by atoms with Gasteiger partial charge >= 0.3 is 0 Å². The van der Waals surface area contributed by atoms with E-state index < -0.39 is 0 Å². The molecular formula is C15H22O4. The molecule has 0 spiro atoms. The van der Waals surface area contributed by atoms with Crippen LogP contribution < -0.4 is 4.74 Å². The maximum Gasteiger partial charge on any atom is 0.139 e. The maximum absolute atomic E-state index is 11.9. The molecule has 19 heavy (non-hydrogen) atoms. The summed E-state index contributed by atoms with van der Waals surface area (Å²) in [7, 11) is 3.24. The second-order valence-corrected chi connectivity index (χ2v) is 4.39. The van der Waals surface area contributed by atoms with Crippen LogP contribution in [-0.2, 0) is 20.7 Å². The highest BCUT2D eigenvalue weighted by Gasteiger charge is 2.09. The number of aryl methyl sites for hydroxylation is 1. The molecule has 0 unspecified atom stereocenters. The van der Waals surface area contributed by atoms with Crippen LogP contribution in [0.5, 0.6) is 5.75 Å². The molecule has 0 aromatic heterocycles. The monoisotopic (exact) mass is 266 g/mol. The van der Waals surface area contributed by atoms with Crippen LogP contribution >= 0.6 is 0 Å². The van der Waals surface area contributed by atoms with Crippen LogP contribution in [0, 0.1) is 6.92 Å². The maximum atomic E-state index is 11.9. The Hall–Kier alpha value is -1.39. The summed E-state index contributed by atoms with van der Waals surface area (Å²) in [5, 5.41) is 0. The molecule has 0 heterocycles. The molecule has 0 N–H and O–H groups in total. The molecule has 1 rings (SSSR count). The van der Waals surface area contributed by atoms with E-state index in [0.717, 1.165) is 16.9 Å². The number of Topliss-reactive ketones (excluding diaryl/α,β-unsaturated/α-hetero) is 1. The van der Waals surface area contributed by atoms with Crippen molar-refractivity contribution in [3.8, 4) is 5.75 Å². The second-order valence-electron chi connectivity index (χ2n) is 4.39. The van der Waals surface area contributed by atoms with E-state index in [9.17, 15) is 4.79 Å². The molecule has 4 heteroatoms. The lowest BCUT2D eigenvalue weighted by Crippen LogP contribution is -2.10. The van der Waals surface area contributed by atoms with Gasteiger partial charge < -0.3 is 14.2 Å². The number of methoxy groups -OCH3 is 2. The quantitative estimate of drug-likeness (QED) is 0.643. The summed E-state index contributed by atoms with van der Waals surface area (Å²) in [5.41, 5.74) is 2.06. The Morgan fingerprint density at radius 2 is 1.95 bits per heavy atom. The predicted molar refractivity (Wildman–Crippen MR) is 73.8 cm³/mol. The number of carbonyl (C=O) groups excluding carboxylic acids is 1. The van der Waals surface area contributed by atoms with Crippen molar-refractivity contribution in [2.75, 3.05) is 34.0 Å². The van der Waals surface area contributed by atoms with Crippen molar-refractivity contribution < 1.29 is 19.0 Å². The van der Waals surface area contributed by atoms with Gasteiger partial charge in [-0.15, -0.1) is 0 Å². The normalized spacial score (nSPS) is 10.5. The second kappa shape index (κ2) is 8.67. The molecule has 0 amide bonds. The fourth-order valence-electron chi connectivity index (χ4n) is 1.78. The summed E-state index contributed by atoms with van der Waals surface area (Å²) < 4.78 is 15.4. The molecule has 0 fully saturated rings. The molecule has 106 valence electrons. The van der Waals surface area contributed by atoms with Gasteiger partial charge in [-0.3, -0.25) is 4.79 Å². The minimum Gasteiger partial charge on any atom is -0.496 e. The van der Waals surface area contributed by atoms with Gasteiger partial charge in [0.25, 0.3) is 0 Å². The van der Waals surface area contributed by atoms with Crippen LogP contribution in [0.1, 0.15) is 17.5 Å². The van der Waals surface area contributed by atoms with Gasteiger partial charge in [-0.25, -0.2) is 0 Å². The van der Waals surface area contributed by atoms with Gasteiger partial charge in [0.2, 0.25) is 0 Å². The molecule has 1 aromatic rings. The Balaban J connectivity index is 2.41. The Labute approximate surface area is 114 Å². The number of hydrogen-bond acceptors (Lipinski definition) is 4. The van der Waals surface area contributed by atoms with Crippen molar-refractivity contribution in [1.29, 1.82) is 0 Å². The van der Waals surface area contributed by atoms with Crippen molar-refractivity contribution in [3.05, 3.63) is 29.3 Å². The SMILES string of the molecule is COCCOCCC(=O)Cc1cc(C)ccc1OC. The zero-order chi connectivity index (χ0) is 14.1. The third-order valence-electron chi connectivity index (χ3n) is 2.78. The third-order valence-corrected chi connectivity index (χ3v) is 2.78. The lowest BCUT2D eigenvalue weighted by molar-refractivity contribution is -0.119.